The molecule has 0 aliphatic rings. The van der Waals surface area contributed by atoms with Gasteiger partial charge in [0.05, 0.1) is 28.3 Å². The van der Waals surface area contributed by atoms with E-state index in [0.717, 1.165) is 67.0 Å². The largest absolute Gasteiger partial charge is 0.456 e. The molecule has 190 valence electrons. The van der Waals surface area contributed by atoms with Crippen molar-refractivity contribution >= 4 is 21.9 Å². The van der Waals surface area contributed by atoms with Gasteiger partial charge in [-0.3, -0.25) is 4.98 Å². The number of fused-ring (bicyclic) bond motifs is 3. The first kappa shape index (κ1) is 23.9. The molecule has 41 heavy (non-hydrogen) atoms. The molecule has 0 fully saturated rings. The number of nitrogens with zero attached hydrogens (tertiary/aromatic N) is 6. The van der Waals surface area contributed by atoms with Crippen LogP contribution in [0.5, 0.6) is 0 Å². The molecule has 2 aromatic carbocycles. The van der Waals surface area contributed by atoms with Crippen LogP contribution in [0.1, 0.15) is 11.3 Å². The number of aromatic nitrogens is 4. The Morgan fingerprint density at radius 3 is 1.73 bits per heavy atom. The standard InChI is InChI=1S/C34H18N6O/c35-17-21-13-25(20-37-19-21)32-6-2-4-30(40-32)23-8-10-28-27-9-7-22(15-33(27)41-34(28)16-23)29-3-1-5-31(39-29)24-11-12-38-26(14-24)18-36/h1-16,19-20H. The van der Waals surface area contributed by atoms with Crippen molar-refractivity contribution in [2.24, 2.45) is 0 Å². The van der Waals surface area contributed by atoms with E-state index in [1.807, 2.05) is 66.7 Å². The van der Waals surface area contributed by atoms with Crippen LogP contribution >= 0.6 is 0 Å². The zero-order chi connectivity index (χ0) is 27.8. The summed E-state index contributed by atoms with van der Waals surface area (Å²) in [6.07, 6.45) is 4.86. The van der Waals surface area contributed by atoms with Crippen molar-refractivity contribution in [3.05, 3.63) is 121 Å². The van der Waals surface area contributed by atoms with Gasteiger partial charge < -0.3 is 4.42 Å². The van der Waals surface area contributed by atoms with E-state index >= 15 is 0 Å². The molecule has 7 nitrogen and oxygen atoms in total. The minimum absolute atomic E-state index is 0.352. The van der Waals surface area contributed by atoms with E-state index in [4.69, 9.17) is 14.4 Å². The summed E-state index contributed by atoms with van der Waals surface area (Å²) in [5.41, 5.74) is 8.94. The first-order valence-corrected chi connectivity index (χ1v) is 12.8. The molecule has 0 saturated carbocycles. The van der Waals surface area contributed by atoms with Crippen molar-refractivity contribution in [2.45, 2.75) is 0 Å². The van der Waals surface area contributed by atoms with E-state index in [-0.39, 0.29) is 0 Å². The van der Waals surface area contributed by atoms with Gasteiger partial charge >= 0.3 is 0 Å². The molecule has 0 unspecified atom stereocenters. The molecule has 5 heterocycles. The first-order chi connectivity index (χ1) is 20.2. The average Bonchev–Trinajstić information content (AvgIpc) is 3.42. The maximum absolute atomic E-state index is 9.22. The third-order valence-corrected chi connectivity index (χ3v) is 6.90. The second-order valence-electron chi connectivity index (χ2n) is 9.46. The Morgan fingerprint density at radius 1 is 0.561 bits per heavy atom. The molecule has 0 bridgehead atoms. The number of nitriles is 2. The Labute approximate surface area is 234 Å². The molecule has 5 aromatic heterocycles. The van der Waals surface area contributed by atoms with E-state index in [1.165, 1.54) is 6.20 Å². The lowest BCUT2D eigenvalue weighted by Crippen LogP contribution is -1.90. The highest BCUT2D eigenvalue weighted by atomic mass is 16.3. The highest BCUT2D eigenvalue weighted by Crippen LogP contribution is 2.35. The lowest BCUT2D eigenvalue weighted by Gasteiger charge is -2.05. The fourth-order valence-electron chi connectivity index (χ4n) is 4.90. The number of pyridine rings is 4. The first-order valence-electron chi connectivity index (χ1n) is 12.8. The molecular weight excluding hydrogens is 508 g/mol. The van der Waals surface area contributed by atoms with Crippen molar-refractivity contribution in [3.8, 4) is 57.2 Å². The highest BCUT2D eigenvalue weighted by Gasteiger charge is 2.12. The molecule has 0 saturated heterocycles. The zero-order valence-corrected chi connectivity index (χ0v) is 21.5. The minimum Gasteiger partial charge on any atom is -0.456 e. The van der Waals surface area contributed by atoms with Gasteiger partial charge in [-0.1, -0.05) is 24.3 Å². The van der Waals surface area contributed by atoms with Crippen molar-refractivity contribution in [1.29, 1.82) is 10.5 Å². The lowest BCUT2D eigenvalue weighted by molar-refractivity contribution is 0.669. The van der Waals surface area contributed by atoms with Gasteiger partial charge in [-0.15, -0.1) is 0 Å². The third kappa shape index (κ3) is 4.44. The summed E-state index contributed by atoms with van der Waals surface area (Å²) < 4.78 is 6.32. The molecule has 7 aromatic rings. The summed E-state index contributed by atoms with van der Waals surface area (Å²) in [6.45, 7) is 0. The Hall–Kier alpha value is -6.18. The van der Waals surface area contributed by atoms with E-state index in [9.17, 15) is 10.5 Å². The smallest absolute Gasteiger partial charge is 0.141 e. The average molecular weight is 527 g/mol. The number of rotatable bonds is 4. The molecule has 7 rings (SSSR count). The number of hydrogen-bond donors (Lipinski definition) is 0. The van der Waals surface area contributed by atoms with Gasteiger partial charge in [-0.2, -0.15) is 10.5 Å². The summed E-state index contributed by atoms with van der Waals surface area (Å²) in [5.74, 6) is 0. The van der Waals surface area contributed by atoms with Crippen LogP contribution in [-0.4, -0.2) is 19.9 Å². The Bertz CT molecular complexity index is 2050. The summed E-state index contributed by atoms with van der Waals surface area (Å²) in [4.78, 5) is 17.9. The van der Waals surface area contributed by atoms with Gasteiger partial charge in [-0.05, 0) is 66.7 Å². The molecule has 0 spiro atoms. The third-order valence-electron chi connectivity index (χ3n) is 6.90. The topological polar surface area (TPSA) is 112 Å². The van der Waals surface area contributed by atoms with Gasteiger partial charge in [0.25, 0.3) is 0 Å². The number of furan rings is 1. The molecule has 0 amide bonds. The zero-order valence-electron chi connectivity index (χ0n) is 21.5. The van der Waals surface area contributed by atoms with Crippen LogP contribution in [0.4, 0.5) is 0 Å². The quantitative estimate of drug-likeness (QED) is 0.232. The fourth-order valence-corrected chi connectivity index (χ4v) is 4.90. The van der Waals surface area contributed by atoms with Crippen molar-refractivity contribution in [2.75, 3.05) is 0 Å². The molecular formula is C34H18N6O. The van der Waals surface area contributed by atoms with Crippen LogP contribution < -0.4 is 0 Å². The molecule has 0 aliphatic heterocycles. The van der Waals surface area contributed by atoms with Gasteiger partial charge in [0.1, 0.15) is 29.0 Å². The summed E-state index contributed by atoms with van der Waals surface area (Å²) >= 11 is 0. The van der Waals surface area contributed by atoms with Crippen molar-refractivity contribution in [3.63, 3.8) is 0 Å². The normalized spacial score (nSPS) is 10.9. The Morgan fingerprint density at radius 2 is 1.15 bits per heavy atom. The predicted molar refractivity (Wildman–Crippen MR) is 156 cm³/mol. The van der Waals surface area contributed by atoms with Crippen LogP contribution in [0.15, 0.2) is 114 Å². The SMILES string of the molecule is N#Cc1cncc(-c2cccc(-c3ccc4c(c3)oc3cc(-c5cccc(-c6ccnc(C#N)c6)n5)ccc34)n2)c1. The Balaban J connectivity index is 1.25. The van der Waals surface area contributed by atoms with Crippen LogP contribution in [0.25, 0.3) is 67.0 Å². The van der Waals surface area contributed by atoms with Gasteiger partial charge in [0.2, 0.25) is 0 Å². The van der Waals surface area contributed by atoms with Crippen LogP contribution in [0.2, 0.25) is 0 Å². The van der Waals surface area contributed by atoms with Crippen LogP contribution in [0, 0.1) is 22.7 Å². The molecule has 0 atom stereocenters. The second kappa shape index (κ2) is 9.85. The van der Waals surface area contributed by atoms with Crippen LogP contribution in [0.3, 0.4) is 0 Å². The molecule has 0 radical (unpaired) electrons. The van der Waals surface area contributed by atoms with Crippen molar-refractivity contribution in [1.82, 2.24) is 19.9 Å². The van der Waals surface area contributed by atoms with Gasteiger partial charge in [0.15, 0.2) is 0 Å². The van der Waals surface area contributed by atoms with Gasteiger partial charge in [-0.25, -0.2) is 15.0 Å². The van der Waals surface area contributed by atoms with E-state index < -0.39 is 0 Å². The molecule has 0 N–H and O–H groups in total. The van der Waals surface area contributed by atoms with Crippen molar-refractivity contribution < 1.29 is 4.42 Å². The summed E-state index contributed by atoms with van der Waals surface area (Å²) in [5, 5.41) is 20.5. The molecule has 0 aliphatic carbocycles. The monoisotopic (exact) mass is 526 g/mol. The summed E-state index contributed by atoms with van der Waals surface area (Å²) in [6, 6.07) is 33.4. The number of hydrogen-bond acceptors (Lipinski definition) is 7. The lowest BCUT2D eigenvalue weighted by atomic mass is 10.0. The maximum Gasteiger partial charge on any atom is 0.141 e. The maximum atomic E-state index is 9.22. The van der Waals surface area contributed by atoms with E-state index in [2.05, 4.69) is 34.2 Å². The van der Waals surface area contributed by atoms with E-state index in [1.54, 1.807) is 24.5 Å². The molecule has 7 heteroatoms. The Kier molecular flexibility index (Phi) is 5.74. The highest BCUT2D eigenvalue weighted by molar-refractivity contribution is 6.06. The second-order valence-corrected chi connectivity index (χ2v) is 9.46. The fraction of sp³-hybridized carbons (Fsp3) is 0. The summed E-state index contributed by atoms with van der Waals surface area (Å²) in [7, 11) is 0. The predicted octanol–water partition coefficient (Wildman–Crippen LogP) is 7.58. The minimum atomic E-state index is 0.352. The van der Waals surface area contributed by atoms with Gasteiger partial charge in [0, 0.05) is 51.6 Å². The van der Waals surface area contributed by atoms with E-state index in [0.29, 0.717) is 11.3 Å². The number of benzene rings is 2. The van der Waals surface area contributed by atoms with Crippen LogP contribution in [-0.2, 0) is 0 Å².